The van der Waals surface area contributed by atoms with Crippen molar-refractivity contribution in [3.8, 4) is 6.07 Å². The van der Waals surface area contributed by atoms with Gasteiger partial charge in [0.1, 0.15) is 11.9 Å². The van der Waals surface area contributed by atoms with Gasteiger partial charge >= 0.3 is 0 Å². The first-order valence-electron chi connectivity index (χ1n) is 5.50. The molecule has 2 aromatic rings. The zero-order chi connectivity index (χ0) is 12.3. The Morgan fingerprint density at radius 3 is 2.94 bits per heavy atom. The second kappa shape index (κ2) is 4.81. The number of aryl methyl sites for hydroxylation is 1. The molecule has 4 heteroatoms. The normalized spacial score (nSPS) is 10.2. The molecule has 2 rings (SSSR count). The molecular weight excluding hydrogens is 212 g/mol. The summed E-state index contributed by atoms with van der Waals surface area (Å²) in [4.78, 5) is 4.46. The minimum absolute atomic E-state index is 0.512. The third-order valence-electron chi connectivity index (χ3n) is 2.53. The van der Waals surface area contributed by atoms with Crippen LogP contribution in [0, 0.1) is 18.3 Å². The molecular formula is C13H14N4. The maximum Gasteiger partial charge on any atom is 0.144 e. The fourth-order valence-electron chi connectivity index (χ4n) is 1.69. The van der Waals surface area contributed by atoms with Gasteiger partial charge in [0, 0.05) is 18.5 Å². The average Bonchev–Trinajstić information content (AvgIpc) is 2.35. The lowest BCUT2D eigenvalue weighted by Gasteiger charge is -2.08. The predicted molar refractivity (Wildman–Crippen MR) is 68.7 cm³/mol. The van der Waals surface area contributed by atoms with Crippen molar-refractivity contribution in [2.45, 2.75) is 6.92 Å². The minimum atomic E-state index is 0.512. The minimum Gasteiger partial charge on any atom is -0.368 e. The topological polar surface area (TPSA) is 74.7 Å². The van der Waals surface area contributed by atoms with E-state index in [1.807, 2.05) is 31.2 Å². The van der Waals surface area contributed by atoms with Crippen LogP contribution in [-0.2, 0) is 0 Å². The van der Waals surface area contributed by atoms with Gasteiger partial charge in [0.25, 0.3) is 0 Å². The number of benzene rings is 1. The predicted octanol–water partition coefficient (Wildman–Crippen LogP) is 1.79. The summed E-state index contributed by atoms with van der Waals surface area (Å²) < 4.78 is 0. The SMILES string of the molecule is Cc1ccc2cc(C#N)c(NCCN)nc2c1. The first-order chi connectivity index (χ1) is 8.24. The highest BCUT2D eigenvalue weighted by molar-refractivity contribution is 5.83. The average molecular weight is 226 g/mol. The third-order valence-corrected chi connectivity index (χ3v) is 2.53. The molecule has 1 heterocycles. The van der Waals surface area contributed by atoms with Crippen molar-refractivity contribution in [2.75, 3.05) is 18.4 Å². The Bertz CT molecular complexity index is 584. The van der Waals surface area contributed by atoms with Gasteiger partial charge in [-0.15, -0.1) is 0 Å². The molecule has 0 spiro atoms. The largest absolute Gasteiger partial charge is 0.368 e. The van der Waals surface area contributed by atoms with E-state index in [2.05, 4.69) is 16.4 Å². The molecule has 0 bridgehead atoms. The number of hydrogen-bond donors (Lipinski definition) is 2. The maximum absolute atomic E-state index is 9.07. The number of aromatic nitrogens is 1. The number of hydrogen-bond acceptors (Lipinski definition) is 4. The van der Waals surface area contributed by atoms with Crippen LogP contribution in [-0.4, -0.2) is 18.1 Å². The van der Waals surface area contributed by atoms with Crippen molar-refractivity contribution in [3.63, 3.8) is 0 Å². The van der Waals surface area contributed by atoms with Gasteiger partial charge in [-0.3, -0.25) is 0 Å². The molecule has 0 fully saturated rings. The van der Waals surface area contributed by atoms with E-state index in [1.54, 1.807) is 0 Å². The zero-order valence-electron chi connectivity index (χ0n) is 9.70. The molecule has 0 saturated carbocycles. The lowest BCUT2D eigenvalue weighted by Crippen LogP contribution is -2.14. The first kappa shape index (κ1) is 11.4. The first-order valence-corrected chi connectivity index (χ1v) is 5.50. The fourth-order valence-corrected chi connectivity index (χ4v) is 1.69. The van der Waals surface area contributed by atoms with Gasteiger partial charge in [-0.05, 0) is 24.6 Å². The molecule has 0 atom stereocenters. The smallest absolute Gasteiger partial charge is 0.144 e. The Kier molecular flexibility index (Phi) is 3.22. The van der Waals surface area contributed by atoms with E-state index in [-0.39, 0.29) is 0 Å². The molecule has 0 aliphatic rings. The Labute approximate surface area is 100 Å². The number of nitrogens with zero attached hydrogens (tertiary/aromatic N) is 2. The summed E-state index contributed by atoms with van der Waals surface area (Å²) in [6, 6.07) is 9.99. The molecule has 0 saturated heterocycles. The van der Waals surface area contributed by atoms with Crippen molar-refractivity contribution in [1.82, 2.24) is 4.98 Å². The van der Waals surface area contributed by atoms with Gasteiger partial charge in [-0.2, -0.15) is 5.26 Å². The van der Waals surface area contributed by atoms with Crippen LogP contribution < -0.4 is 11.1 Å². The van der Waals surface area contributed by atoms with Gasteiger partial charge in [0.15, 0.2) is 0 Å². The van der Waals surface area contributed by atoms with E-state index < -0.39 is 0 Å². The quantitative estimate of drug-likeness (QED) is 0.836. The van der Waals surface area contributed by atoms with E-state index in [9.17, 15) is 0 Å². The number of fused-ring (bicyclic) bond motifs is 1. The van der Waals surface area contributed by atoms with E-state index in [0.717, 1.165) is 16.5 Å². The number of nitrogens with two attached hydrogens (primary N) is 1. The van der Waals surface area contributed by atoms with E-state index >= 15 is 0 Å². The van der Waals surface area contributed by atoms with Crippen molar-refractivity contribution < 1.29 is 0 Å². The lowest BCUT2D eigenvalue weighted by atomic mass is 10.1. The van der Waals surface area contributed by atoms with Crippen molar-refractivity contribution in [3.05, 3.63) is 35.4 Å². The third kappa shape index (κ3) is 2.35. The Morgan fingerprint density at radius 2 is 2.24 bits per heavy atom. The van der Waals surface area contributed by atoms with Crippen molar-refractivity contribution in [1.29, 1.82) is 5.26 Å². The van der Waals surface area contributed by atoms with Crippen LogP contribution in [0.1, 0.15) is 11.1 Å². The standard InChI is InChI=1S/C13H14N4/c1-9-2-3-10-7-11(8-15)13(16-5-4-14)17-12(10)6-9/h2-3,6-7H,4-5,14H2,1H3,(H,16,17). The molecule has 1 aromatic carbocycles. The number of anilines is 1. The summed E-state index contributed by atoms with van der Waals surface area (Å²) in [5.74, 6) is 0.607. The van der Waals surface area contributed by atoms with Crippen molar-refractivity contribution >= 4 is 16.7 Å². The maximum atomic E-state index is 9.07. The molecule has 0 unspecified atom stereocenters. The molecule has 3 N–H and O–H groups in total. The number of nitriles is 1. The van der Waals surface area contributed by atoms with Gasteiger partial charge in [-0.1, -0.05) is 12.1 Å². The zero-order valence-corrected chi connectivity index (χ0v) is 9.70. The van der Waals surface area contributed by atoms with Crippen LogP contribution >= 0.6 is 0 Å². The monoisotopic (exact) mass is 226 g/mol. The Morgan fingerprint density at radius 1 is 1.41 bits per heavy atom. The van der Waals surface area contributed by atoms with Crippen LogP contribution in [0.3, 0.4) is 0 Å². The van der Waals surface area contributed by atoms with Gasteiger partial charge < -0.3 is 11.1 Å². The summed E-state index contributed by atoms with van der Waals surface area (Å²) in [5.41, 5.74) is 8.03. The summed E-state index contributed by atoms with van der Waals surface area (Å²) >= 11 is 0. The molecule has 17 heavy (non-hydrogen) atoms. The van der Waals surface area contributed by atoms with Crippen LogP contribution in [0.2, 0.25) is 0 Å². The van der Waals surface area contributed by atoms with Crippen LogP contribution in [0.25, 0.3) is 10.9 Å². The molecule has 1 aromatic heterocycles. The fraction of sp³-hybridized carbons (Fsp3) is 0.231. The summed E-state index contributed by atoms with van der Waals surface area (Å²) in [6.45, 7) is 3.14. The molecule has 86 valence electrons. The highest BCUT2D eigenvalue weighted by Gasteiger charge is 2.05. The summed E-state index contributed by atoms with van der Waals surface area (Å²) in [6.07, 6.45) is 0. The number of rotatable bonds is 3. The molecule has 0 aliphatic heterocycles. The second-order valence-electron chi connectivity index (χ2n) is 3.91. The van der Waals surface area contributed by atoms with E-state index in [1.165, 1.54) is 0 Å². The van der Waals surface area contributed by atoms with E-state index in [0.29, 0.717) is 24.5 Å². The summed E-state index contributed by atoms with van der Waals surface area (Å²) in [5, 5.41) is 13.1. The number of nitrogens with one attached hydrogen (secondary N) is 1. The van der Waals surface area contributed by atoms with Crippen LogP contribution in [0.15, 0.2) is 24.3 Å². The van der Waals surface area contributed by atoms with Crippen LogP contribution in [0.5, 0.6) is 0 Å². The molecule has 0 radical (unpaired) electrons. The Balaban J connectivity index is 2.54. The number of pyridine rings is 1. The molecule has 0 amide bonds. The van der Waals surface area contributed by atoms with Gasteiger partial charge in [0.2, 0.25) is 0 Å². The van der Waals surface area contributed by atoms with E-state index in [4.69, 9.17) is 11.0 Å². The summed E-state index contributed by atoms with van der Waals surface area (Å²) in [7, 11) is 0. The molecule has 0 aliphatic carbocycles. The van der Waals surface area contributed by atoms with Crippen molar-refractivity contribution in [2.24, 2.45) is 5.73 Å². The highest BCUT2D eigenvalue weighted by Crippen LogP contribution is 2.20. The molecule has 4 nitrogen and oxygen atoms in total. The lowest BCUT2D eigenvalue weighted by molar-refractivity contribution is 1.01. The Hall–Kier alpha value is -2.12. The van der Waals surface area contributed by atoms with Crippen LogP contribution in [0.4, 0.5) is 5.82 Å². The highest BCUT2D eigenvalue weighted by atomic mass is 15.0. The van der Waals surface area contributed by atoms with Gasteiger partial charge in [-0.25, -0.2) is 4.98 Å². The second-order valence-corrected chi connectivity index (χ2v) is 3.91. The van der Waals surface area contributed by atoms with Gasteiger partial charge in [0.05, 0.1) is 11.1 Å².